The summed E-state index contributed by atoms with van der Waals surface area (Å²) in [5.41, 5.74) is 3.07. The van der Waals surface area contributed by atoms with Crippen molar-refractivity contribution in [3.05, 3.63) is 41.6 Å². The van der Waals surface area contributed by atoms with Gasteiger partial charge in [0.1, 0.15) is 0 Å². The molecule has 0 spiro atoms. The summed E-state index contributed by atoms with van der Waals surface area (Å²) in [7, 11) is 0. The van der Waals surface area contributed by atoms with Crippen LogP contribution in [0.2, 0.25) is 0 Å². The summed E-state index contributed by atoms with van der Waals surface area (Å²) in [6, 6.07) is 8.11. The molecule has 17 heavy (non-hydrogen) atoms. The molecule has 0 unspecified atom stereocenters. The Bertz CT molecular complexity index is 518. The van der Waals surface area contributed by atoms with Gasteiger partial charge in [-0.25, -0.2) is 4.68 Å². The number of hydrogen-bond donors (Lipinski definition) is 1. The SMILES string of the molecule is Cc1cnn(-c2ccc(C(C)(C)C)cc2)c1O. The minimum Gasteiger partial charge on any atom is -0.493 e. The van der Waals surface area contributed by atoms with Crippen molar-refractivity contribution in [2.45, 2.75) is 33.1 Å². The summed E-state index contributed by atoms with van der Waals surface area (Å²) in [5.74, 6) is 0.202. The molecule has 3 nitrogen and oxygen atoms in total. The molecule has 1 aromatic heterocycles. The summed E-state index contributed by atoms with van der Waals surface area (Å²) in [6.45, 7) is 8.37. The Labute approximate surface area is 102 Å². The van der Waals surface area contributed by atoms with Gasteiger partial charge in [0.15, 0.2) is 0 Å². The molecule has 0 saturated carbocycles. The Morgan fingerprint density at radius 2 is 1.71 bits per heavy atom. The summed E-state index contributed by atoms with van der Waals surface area (Å²) < 4.78 is 1.54. The van der Waals surface area contributed by atoms with E-state index in [9.17, 15) is 5.11 Å². The Morgan fingerprint density at radius 1 is 1.12 bits per heavy atom. The van der Waals surface area contributed by atoms with Gasteiger partial charge >= 0.3 is 0 Å². The topological polar surface area (TPSA) is 38.0 Å². The van der Waals surface area contributed by atoms with Crippen LogP contribution in [0.3, 0.4) is 0 Å². The zero-order valence-corrected chi connectivity index (χ0v) is 10.7. The number of hydrogen-bond acceptors (Lipinski definition) is 2. The maximum absolute atomic E-state index is 9.82. The van der Waals surface area contributed by atoms with E-state index in [1.165, 1.54) is 5.56 Å². The quantitative estimate of drug-likeness (QED) is 0.817. The van der Waals surface area contributed by atoms with E-state index < -0.39 is 0 Å². The van der Waals surface area contributed by atoms with Crippen molar-refractivity contribution in [3.8, 4) is 11.6 Å². The predicted molar refractivity (Wildman–Crippen MR) is 68.7 cm³/mol. The first kappa shape index (κ1) is 11.7. The molecule has 2 rings (SSSR count). The van der Waals surface area contributed by atoms with E-state index in [1.807, 2.05) is 19.1 Å². The highest BCUT2D eigenvalue weighted by Crippen LogP contribution is 2.25. The first-order chi connectivity index (χ1) is 7.89. The molecule has 0 bridgehead atoms. The highest BCUT2D eigenvalue weighted by atomic mass is 16.3. The third-order valence-corrected chi connectivity index (χ3v) is 2.90. The summed E-state index contributed by atoms with van der Waals surface area (Å²) in [5, 5.41) is 14.0. The Hall–Kier alpha value is -1.77. The Kier molecular flexibility index (Phi) is 2.69. The number of aromatic hydroxyl groups is 1. The smallest absolute Gasteiger partial charge is 0.217 e. The minimum absolute atomic E-state index is 0.139. The molecule has 90 valence electrons. The molecule has 2 aromatic rings. The molecule has 0 aliphatic carbocycles. The maximum atomic E-state index is 9.82. The van der Waals surface area contributed by atoms with Gasteiger partial charge in [-0.2, -0.15) is 5.10 Å². The maximum Gasteiger partial charge on any atom is 0.217 e. The van der Waals surface area contributed by atoms with Gasteiger partial charge in [-0.3, -0.25) is 0 Å². The van der Waals surface area contributed by atoms with Gasteiger partial charge in [0, 0.05) is 5.56 Å². The molecule has 1 aromatic carbocycles. The van der Waals surface area contributed by atoms with E-state index in [4.69, 9.17) is 0 Å². The van der Waals surface area contributed by atoms with Crippen LogP contribution in [0.1, 0.15) is 31.9 Å². The van der Waals surface area contributed by atoms with Crippen molar-refractivity contribution in [2.24, 2.45) is 0 Å². The van der Waals surface area contributed by atoms with Gasteiger partial charge in [-0.1, -0.05) is 32.9 Å². The van der Waals surface area contributed by atoms with E-state index in [-0.39, 0.29) is 11.3 Å². The average Bonchev–Trinajstić information content (AvgIpc) is 2.59. The molecular formula is C14H18N2O. The highest BCUT2D eigenvalue weighted by molar-refractivity contribution is 5.40. The van der Waals surface area contributed by atoms with Crippen molar-refractivity contribution >= 4 is 0 Å². The molecule has 0 aliphatic heterocycles. The Balaban J connectivity index is 2.40. The van der Waals surface area contributed by atoms with Crippen LogP contribution < -0.4 is 0 Å². The van der Waals surface area contributed by atoms with E-state index >= 15 is 0 Å². The van der Waals surface area contributed by atoms with Gasteiger partial charge < -0.3 is 5.11 Å². The van der Waals surface area contributed by atoms with E-state index in [0.29, 0.717) is 0 Å². The van der Waals surface area contributed by atoms with Gasteiger partial charge in [0.05, 0.1) is 11.9 Å². The van der Waals surface area contributed by atoms with Crippen molar-refractivity contribution < 1.29 is 5.11 Å². The zero-order chi connectivity index (χ0) is 12.6. The van der Waals surface area contributed by atoms with Crippen LogP contribution in [0.4, 0.5) is 0 Å². The largest absolute Gasteiger partial charge is 0.493 e. The normalized spacial score (nSPS) is 11.8. The van der Waals surface area contributed by atoms with Crippen LogP contribution in [0.5, 0.6) is 5.88 Å². The number of benzene rings is 1. The summed E-state index contributed by atoms with van der Waals surface area (Å²) in [6.07, 6.45) is 1.66. The number of aryl methyl sites for hydroxylation is 1. The van der Waals surface area contributed by atoms with Crippen LogP contribution in [-0.2, 0) is 5.41 Å². The van der Waals surface area contributed by atoms with Gasteiger partial charge in [0.25, 0.3) is 0 Å². The molecular weight excluding hydrogens is 212 g/mol. The molecule has 0 atom stereocenters. The van der Waals surface area contributed by atoms with Crippen molar-refractivity contribution in [2.75, 3.05) is 0 Å². The highest BCUT2D eigenvalue weighted by Gasteiger charge is 2.14. The number of nitrogens with zero attached hydrogens (tertiary/aromatic N) is 2. The van der Waals surface area contributed by atoms with E-state index in [1.54, 1.807) is 10.9 Å². The van der Waals surface area contributed by atoms with Gasteiger partial charge in [-0.15, -0.1) is 0 Å². The van der Waals surface area contributed by atoms with Gasteiger partial charge in [0.2, 0.25) is 5.88 Å². The lowest BCUT2D eigenvalue weighted by atomic mass is 9.87. The molecule has 3 heteroatoms. The third-order valence-electron chi connectivity index (χ3n) is 2.90. The van der Waals surface area contributed by atoms with Crippen LogP contribution in [-0.4, -0.2) is 14.9 Å². The fraction of sp³-hybridized carbons (Fsp3) is 0.357. The van der Waals surface area contributed by atoms with Crippen LogP contribution in [0, 0.1) is 6.92 Å². The van der Waals surface area contributed by atoms with Crippen molar-refractivity contribution in [3.63, 3.8) is 0 Å². The fourth-order valence-corrected chi connectivity index (χ4v) is 1.72. The second kappa shape index (κ2) is 3.91. The third kappa shape index (κ3) is 2.18. The molecule has 0 radical (unpaired) electrons. The van der Waals surface area contributed by atoms with Gasteiger partial charge in [-0.05, 0) is 30.0 Å². The van der Waals surface area contributed by atoms with E-state index in [2.05, 4.69) is 38.0 Å². The van der Waals surface area contributed by atoms with Crippen molar-refractivity contribution in [1.29, 1.82) is 0 Å². The summed E-state index contributed by atoms with van der Waals surface area (Å²) >= 11 is 0. The predicted octanol–water partition coefficient (Wildman–Crippen LogP) is 3.18. The second-order valence-corrected chi connectivity index (χ2v) is 5.36. The van der Waals surface area contributed by atoms with Crippen molar-refractivity contribution in [1.82, 2.24) is 9.78 Å². The second-order valence-electron chi connectivity index (χ2n) is 5.36. The first-order valence-electron chi connectivity index (χ1n) is 5.74. The molecule has 0 aliphatic rings. The molecule has 1 heterocycles. The minimum atomic E-state index is 0.139. The van der Waals surface area contributed by atoms with Crippen LogP contribution in [0.15, 0.2) is 30.5 Å². The lowest BCUT2D eigenvalue weighted by molar-refractivity contribution is 0.430. The standard InChI is InChI=1S/C14H18N2O/c1-10-9-15-16(13(10)17)12-7-5-11(6-8-12)14(2,3)4/h5-9,17H,1-4H3. The Morgan fingerprint density at radius 3 is 2.12 bits per heavy atom. The van der Waals surface area contributed by atoms with Crippen LogP contribution in [0.25, 0.3) is 5.69 Å². The van der Waals surface area contributed by atoms with E-state index in [0.717, 1.165) is 11.3 Å². The molecule has 0 amide bonds. The molecule has 1 N–H and O–H groups in total. The fourth-order valence-electron chi connectivity index (χ4n) is 1.72. The number of aromatic nitrogens is 2. The number of rotatable bonds is 1. The van der Waals surface area contributed by atoms with Crippen LogP contribution >= 0.6 is 0 Å². The average molecular weight is 230 g/mol. The molecule has 0 saturated heterocycles. The molecule has 0 fully saturated rings. The summed E-state index contributed by atoms with van der Waals surface area (Å²) in [4.78, 5) is 0. The lowest BCUT2D eigenvalue weighted by Crippen LogP contribution is -2.10. The lowest BCUT2D eigenvalue weighted by Gasteiger charge is -2.19. The zero-order valence-electron chi connectivity index (χ0n) is 10.7. The first-order valence-corrected chi connectivity index (χ1v) is 5.74. The monoisotopic (exact) mass is 230 g/mol.